The lowest BCUT2D eigenvalue weighted by molar-refractivity contribution is -0.193. The van der Waals surface area contributed by atoms with E-state index in [4.69, 9.17) is 29.7 Å². The van der Waals surface area contributed by atoms with Gasteiger partial charge in [-0.05, 0) is 67.4 Å². The first-order valence-electron chi connectivity index (χ1n) is 13.7. The van der Waals surface area contributed by atoms with Gasteiger partial charge in [0.05, 0.1) is 5.52 Å². The number of nitrogens with zero attached hydrogens (tertiary/aromatic N) is 2. The first-order valence-corrected chi connectivity index (χ1v) is 13.7. The van der Waals surface area contributed by atoms with E-state index in [1.165, 1.54) is 0 Å². The topological polar surface area (TPSA) is 188 Å². The smallest absolute Gasteiger partial charge is 0.489 e. The first kappa shape index (κ1) is 39.4. The number of benzene rings is 2. The highest BCUT2D eigenvalue weighted by atomic mass is 19.4. The normalized spacial score (nSPS) is 11.5. The molecule has 2 amide bonds. The highest BCUT2D eigenvalue weighted by Gasteiger charge is 2.38. The van der Waals surface area contributed by atoms with E-state index in [2.05, 4.69) is 15.3 Å². The number of halogens is 6. The Labute approximate surface area is 273 Å². The molecular formula is C31H28F6N4O8. The predicted molar refractivity (Wildman–Crippen MR) is 158 cm³/mol. The molecule has 5 N–H and O–H groups in total. The zero-order valence-electron chi connectivity index (χ0n) is 25.2. The zero-order chi connectivity index (χ0) is 36.8. The Morgan fingerprint density at radius 3 is 1.94 bits per heavy atom. The van der Waals surface area contributed by atoms with E-state index < -0.39 is 36.2 Å². The lowest BCUT2D eigenvalue weighted by atomic mass is 10.0. The van der Waals surface area contributed by atoms with Gasteiger partial charge >= 0.3 is 24.3 Å². The van der Waals surface area contributed by atoms with Gasteiger partial charge in [-0.25, -0.2) is 15.1 Å². The Morgan fingerprint density at radius 2 is 1.41 bits per heavy atom. The Morgan fingerprint density at radius 1 is 0.857 bits per heavy atom. The number of amides is 2. The van der Waals surface area contributed by atoms with Crippen LogP contribution in [0.15, 0.2) is 79.1 Å². The number of rotatable bonds is 9. The molecule has 4 aromatic rings. The molecule has 0 radical (unpaired) electrons. The third-order valence-corrected chi connectivity index (χ3v) is 6.05. The van der Waals surface area contributed by atoms with Crippen molar-refractivity contribution in [3.63, 3.8) is 0 Å². The number of fused-ring (bicyclic) bond motifs is 1. The van der Waals surface area contributed by atoms with Gasteiger partial charge < -0.3 is 20.3 Å². The van der Waals surface area contributed by atoms with Crippen molar-refractivity contribution in [2.75, 3.05) is 0 Å². The van der Waals surface area contributed by atoms with Crippen LogP contribution in [0.1, 0.15) is 33.6 Å². The average molecular weight is 699 g/mol. The number of hydroxylamine groups is 1. The van der Waals surface area contributed by atoms with Gasteiger partial charge in [0.1, 0.15) is 12.4 Å². The largest absolute Gasteiger partial charge is 0.490 e. The number of nitrogens with one attached hydrogen (secondary N) is 2. The monoisotopic (exact) mass is 698 g/mol. The number of aromatic nitrogens is 2. The van der Waals surface area contributed by atoms with E-state index in [1.807, 2.05) is 49.4 Å². The molecule has 4 rings (SSSR count). The van der Waals surface area contributed by atoms with Crippen molar-refractivity contribution in [1.82, 2.24) is 20.8 Å². The van der Waals surface area contributed by atoms with Crippen LogP contribution in [0.3, 0.4) is 0 Å². The van der Waals surface area contributed by atoms with E-state index in [9.17, 15) is 35.9 Å². The molecule has 0 unspecified atom stereocenters. The highest BCUT2D eigenvalue weighted by Crippen LogP contribution is 2.21. The van der Waals surface area contributed by atoms with Crippen molar-refractivity contribution in [1.29, 1.82) is 0 Å². The predicted octanol–water partition coefficient (Wildman–Crippen LogP) is 5.02. The number of carboxylic acid groups (broad SMARTS) is 2. The second-order valence-corrected chi connectivity index (χ2v) is 9.83. The quantitative estimate of drug-likeness (QED) is 0.0902. The molecule has 2 heterocycles. The molecule has 0 bridgehead atoms. The first-order chi connectivity index (χ1) is 22.9. The van der Waals surface area contributed by atoms with Crippen molar-refractivity contribution < 1.29 is 65.7 Å². The minimum absolute atomic E-state index is 0.0644. The van der Waals surface area contributed by atoms with Gasteiger partial charge in [0.15, 0.2) is 0 Å². The van der Waals surface area contributed by atoms with Gasteiger partial charge in [-0.2, -0.15) is 26.3 Å². The van der Waals surface area contributed by atoms with Crippen LogP contribution in [0, 0.1) is 6.92 Å². The summed E-state index contributed by atoms with van der Waals surface area (Å²) in [7, 11) is 0. The molecule has 0 aliphatic heterocycles. The number of carbonyl (C=O) groups excluding carboxylic acids is 2. The van der Waals surface area contributed by atoms with Crippen molar-refractivity contribution in [3.05, 3.63) is 102 Å². The lowest BCUT2D eigenvalue weighted by Crippen LogP contribution is -2.40. The minimum atomic E-state index is -5.08. The van der Waals surface area contributed by atoms with Crippen LogP contribution in [0.2, 0.25) is 0 Å². The molecule has 0 saturated heterocycles. The maximum atomic E-state index is 12.8. The molecule has 0 saturated carbocycles. The van der Waals surface area contributed by atoms with E-state index >= 15 is 0 Å². The fourth-order valence-corrected chi connectivity index (χ4v) is 3.89. The highest BCUT2D eigenvalue weighted by molar-refractivity contribution is 5.94. The third kappa shape index (κ3) is 13.9. The van der Waals surface area contributed by atoms with Gasteiger partial charge in [0.2, 0.25) is 5.91 Å². The second-order valence-electron chi connectivity index (χ2n) is 9.83. The average Bonchev–Trinajstić information content (AvgIpc) is 3.03. The molecule has 12 nitrogen and oxygen atoms in total. The molecule has 49 heavy (non-hydrogen) atoms. The summed E-state index contributed by atoms with van der Waals surface area (Å²) >= 11 is 0. The Kier molecular flexibility index (Phi) is 14.4. The summed E-state index contributed by atoms with van der Waals surface area (Å²) in [4.78, 5) is 50.9. The third-order valence-electron chi connectivity index (χ3n) is 6.05. The minimum Gasteiger partial charge on any atom is -0.489 e. The van der Waals surface area contributed by atoms with Crippen molar-refractivity contribution in [2.45, 2.75) is 44.8 Å². The lowest BCUT2D eigenvalue weighted by Gasteiger charge is -2.18. The van der Waals surface area contributed by atoms with E-state index in [1.54, 1.807) is 42.1 Å². The molecule has 0 aliphatic rings. The van der Waals surface area contributed by atoms with Crippen LogP contribution in [-0.4, -0.2) is 67.5 Å². The van der Waals surface area contributed by atoms with Crippen LogP contribution in [0.5, 0.6) is 5.75 Å². The molecule has 2 aromatic carbocycles. The Balaban J connectivity index is 0.000000500. The van der Waals surface area contributed by atoms with Gasteiger partial charge in [-0.15, -0.1) is 0 Å². The number of hydrogen-bond donors (Lipinski definition) is 5. The van der Waals surface area contributed by atoms with Gasteiger partial charge in [-0.1, -0.05) is 18.2 Å². The summed E-state index contributed by atoms with van der Waals surface area (Å²) < 4.78 is 69.4. The molecule has 18 heteroatoms. The van der Waals surface area contributed by atoms with Crippen LogP contribution >= 0.6 is 0 Å². The van der Waals surface area contributed by atoms with Gasteiger partial charge in [-0.3, -0.25) is 24.8 Å². The number of carbonyl (C=O) groups is 4. The molecular weight excluding hydrogens is 670 g/mol. The summed E-state index contributed by atoms with van der Waals surface area (Å²) in [6.07, 6.45) is -6.52. The summed E-state index contributed by atoms with van der Waals surface area (Å²) in [6.45, 7) is 2.33. The summed E-state index contributed by atoms with van der Waals surface area (Å²) in [5, 5.41) is 27.1. The zero-order valence-corrected chi connectivity index (χ0v) is 25.2. The number of aryl methyl sites for hydroxylation is 1. The maximum Gasteiger partial charge on any atom is 0.490 e. The van der Waals surface area contributed by atoms with Gasteiger partial charge in [0.25, 0.3) is 5.91 Å². The maximum absolute atomic E-state index is 12.8. The Bertz CT molecular complexity index is 1700. The van der Waals surface area contributed by atoms with E-state index in [-0.39, 0.29) is 12.3 Å². The summed E-state index contributed by atoms with van der Waals surface area (Å²) in [5.41, 5.74) is 5.86. The Hall–Kier alpha value is -5.78. The standard InChI is InChI=1S/C27H26N4O4.2C2HF3O2/c1-18-14-21(24-4-2-3-5-25(24)29-18)17-35-23-8-6-20(7-9-23)27(33)30-22(16-26(32)31-34)15-19-10-12-28-13-11-19;2*3-2(4,5)1(6)7/h2-14,22,34H,15-17H2,1H3,(H,30,33)(H,31,32);2*(H,6,7)/t22-;;/m1../s1. The van der Waals surface area contributed by atoms with E-state index in [0.717, 1.165) is 27.7 Å². The number of para-hydroxylation sites is 1. The molecule has 262 valence electrons. The number of alkyl halides is 6. The van der Waals surface area contributed by atoms with Crippen LogP contribution in [-0.2, 0) is 27.4 Å². The fraction of sp³-hybridized carbons (Fsp3) is 0.226. The number of pyridine rings is 2. The molecule has 2 aromatic heterocycles. The van der Waals surface area contributed by atoms with Crippen molar-refractivity contribution in [3.8, 4) is 5.75 Å². The second kappa shape index (κ2) is 17.9. The number of carboxylic acids is 2. The molecule has 0 spiro atoms. The van der Waals surface area contributed by atoms with Crippen LogP contribution in [0.25, 0.3) is 10.9 Å². The van der Waals surface area contributed by atoms with Crippen LogP contribution in [0.4, 0.5) is 26.3 Å². The van der Waals surface area contributed by atoms with Crippen molar-refractivity contribution >= 4 is 34.7 Å². The SMILES string of the molecule is Cc1cc(COc2ccc(C(=O)N[C@@H](CC(=O)NO)Cc3ccncc3)cc2)c2ccccc2n1.O=C(O)C(F)(F)F.O=C(O)C(F)(F)F. The van der Waals surface area contributed by atoms with Gasteiger partial charge in [0, 0.05) is 47.1 Å². The molecule has 1 atom stereocenters. The number of ether oxygens (including phenoxy) is 1. The fourth-order valence-electron chi connectivity index (χ4n) is 3.89. The summed E-state index contributed by atoms with van der Waals surface area (Å²) in [6, 6.07) is 19.9. The van der Waals surface area contributed by atoms with Crippen molar-refractivity contribution in [2.24, 2.45) is 0 Å². The van der Waals surface area contributed by atoms with E-state index in [0.29, 0.717) is 24.3 Å². The number of aliphatic carboxylic acids is 2. The molecule has 0 fully saturated rings. The van der Waals surface area contributed by atoms with Crippen LogP contribution < -0.4 is 15.5 Å². The number of hydrogen-bond acceptors (Lipinski definition) is 8. The summed E-state index contributed by atoms with van der Waals surface area (Å²) in [5.74, 6) is -5.78. The molecule has 0 aliphatic carbocycles.